The van der Waals surface area contributed by atoms with Crippen LogP contribution in [0.1, 0.15) is 35.7 Å². The summed E-state index contributed by atoms with van der Waals surface area (Å²) in [5, 5.41) is 10.5. The van der Waals surface area contributed by atoms with E-state index in [0.717, 1.165) is 32.4 Å². The molecule has 1 fully saturated rings. The minimum absolute atomic E-state index is 0.0360. The van der Waals surface area contributed by atoms with Gasteiger partial charge in [-0.3, -0.25) is 0 Å². The van der Waals surface area contributed by atoms with Crippen molar-refractivity contribution in [2.45, 2.75) is 25.3 Å². The van der Waals surface area contributed by atoms with Gasteiger partial charge in [-0.15, -0.1) is 0 Å². The Morgan fingerprint density at radius 3 is 2.53 bits per heavy atom. The maximum Gasteiger partial charge on any atom is 0.228 e. The molecule has 0 radical (unpaired) electrons. The summed E-state index contributed by atoms with van der Waals surface area (Å²) in [6.07, 6.45) is 2.85. The van der Waals surface area contributed by atoms with E-state index in [1.165, 1.54) is 11.1 Å². The number of halogens is 2. The van der Waals surface area contributed by atoms with Crippen LogP contribution in [0.3, 0.4) is 0 Å². The Bertz CT molecular complexity index is 1240. The number of anilines is 2. The van der Waals surface area contributed by atoms with E-state index in [0.29, 0.717) is 27.1 Å². The van der Waals surface area contributed by atoms with Crippen LogP contribution in [0.5, 0.6) is 0 Å². The van der Waals surface area contributed by atoms with E-state index in [9.17, 15) is 5.26 Å². The second-order valence-electron chi connectivity index (χ2n) is 8.55. The van der Waals surface area contributed by atoms with Crippen LogP contribution < -0.4 is 16.4 Å². The number of nitrogens with zero attached hydrogens (tertiary/aromatic N) is 4. The number of benzene rings is 2. The quantitative estimate of drug-likeness (QED) is 0.566. The summed E-state index contributed by atoms with van der Waals surface area (Å²) in [6.45, 7) is 1.51. The van der Waals surface area contributed by atoms with Gasteiger partial charge < -0.3 is 16.4 Å². The van der Waals surface area contributed by atoms with Gasteiger partial charge >= 0.3 is 0 Å². The Hall–Kier alpha value is -2.85. The summed E-state index contributed by atoms with van der Waals surface area (Å²) < 4.78 is 0. The summed E-state index contributed by atoms with van der Waals surface area (Å²) >= 11 is 12.5. The monoisotopic (exact) mass is 464 g/mol. The average molecular weight is 465 g/mol. The van der Waals surface area contributed by atoms with Crippen molar-refractivity contribution in [1.82, 2.24) is 9.97 Å². The fourth-order valence-corrected chi connectivity index (χ4v) is 5.50. The maximum atomic E-state index is 9.78. The highest BCUT2D eigenvalue weighted by Gasteiger charge is 2.46. The van der Waals surface area contributed by atoms with Crippen molar-refractivity contribution in [3.05, 3.63) is 69.3 Å². The van der Waals surface area contributed by atoms with Crippen LogP contribution in [0.15, 0.2) is 42.5 Å². The zero-order valence-corrected chi connectivity index (χ0v) is 18.9. The van der Waals surface area contributed by atoms with Crippen molar-refractivity contribution in [1.29, 1.82) is 5.26 Å². The van der Waals surface area contributed by atoms with Gasteiger partial charge in [0.25, 0.3) is 0 Å². The van der Waals surface area contributed by atoms with Gasteiger partial charge in [0.2, 0.25) is 5.95 Å². The van der Waals surface area contributed by atoms with Crippen molar-refractivity contribution in [3.8, 4) is 17.2 Å². The molecule has 0 amide bonds. The highest BCUT2D eigenvalue weighted by molar-refractivity contribution is 6.43. The molecule has 0 bridgehead atoms. The lowest BCUT2D eigenvalue weighted by atomic mass is 9.73. The number of aromatic nitrogens is 2. The third kappa shape index (κ3) is 3.29. The molecule has 8 heteroatoms. The van der Waals surface area contributed by atoms with Crippen molar-refractivity contribution in [2.24, 2.45) is 11.1 Å². The normalized spacial score (nSPS) is 19.1. The minimum atomic E-state index is 0.0360. The van der Waals surface area contributed by atoms with Crippen molar-refractivity contribution in [2.75, 3.05) is 23.7 Å². The molecule has 6 nitrogen and oxygen atoms in total. The number of hydrogen-bond donors (Lipinski definition) is 2. The lowest BCUT2D eigenvalue weighted by Crippen LogP contribution is -2.45. The lowest BCUT2D eigenvalue weighted by Gasteiger charge is -2.42. The molecule has 1 atom stereocenters. The maximum absolute atomic E-state index is 9.78. The predicted molar refractivity (Wildman–Crippen MR) is 128 cm³/mol. The molecule has 1 saturated heterocycles. The summed E-state index contributed by atoms with van der Waals surface area (Å²) in [6, 6.07) is 15.8. The first-order valence-corrected chi connectivity index (χ1v) is 11.3. The Balaban J connectivity index is 1.42. The SMILES string of the molecule is N#Cc1nc(N2CCC3(CC2)Cc2ccccc2[C@H]3N)nc(N)c1-c1cccc(Cl)c1Cl. The van der Waals surface area contributed by atoms with Crippen LogP contribution in [-0.2, 0) is 6.42 Å². The number of rotatable bonds is 2. The molecule has 0 saturated carbocycles. The van der Waals surface area contributed by atoms with E-state index in [4.69, 9.17) is 34.7 Å². The van der Waals surface area contributed by atoms with Gasteiger partial charge in [0, 0.05) is 24.7 Å². The Labute approximate surface area is 196 Å². The summed E-state index contributed by atoms with van der Waals surface area (Å²) in [4.78, 5) is 11.2. The van der Waals surface area contributed by atoms with Gasteiger partial charge in [-0.2, -0.15) is 10.2 Å². The third-order valence-corrected chi connectivity index (χ3v) is 7.71. The van der Waals surface area contributed by atoms with Gasteiger partial charge in [-0.05, 0) is 41.9 Å². The van der Waals surface area contributed by atoms with Crippen LogP contribution in [0.2, 0.25) is 10.0 Å². The third-order valence-electron chi connectivity index (χ3n) is 6.89. The van der Waals surface area contributed by atoms with E-state index in [1.807, 2.05) is 0 Å². The van der Waals surface area contributed by atoms with Crippen molar-refractivity contribution >= 4 is 35.0 Å². The molecular weight excluding hydrogens is 443 g/mol. The van der Waals surface area contributed by atoms with E-state index >= 15 is 0 Å². The number of fused-ring (bicyclic) bond motifs is 1. The molecule has 5 rings (SSSR count). The molecule has 1 aliphatic heterocycles. The molecule has 1 aliphatic carbocycles. The van der Waals surface area contributed by atoms with Crippen LogP contribution in [0.4, 0.5) is 11.8 Å². The standard InChI is InChI=1S/C24H22Cl2N6/c25-17-7-3-6-16(20(17)26)19-18(13-27)30-23(31-22(19)29)32-10-8-24(9-11-32)12-14-4-1-2-5-15(14)21(24)28/h1-7,21H,8-12,28H2,(H2,29,30,31)/t21-/m1/s1. The van der Waals surface area contributed by atoms with E-state index < -0.39 is 0 Å². The Morgan fingerprint density at radius 2 is 1.81 bits per heavy atom. The molecule has 0 unspecified atom stereocenters. The van der Waals surface area contributed by atoms with Crippen LogP contribution in [-0.4, -0.2) is 23.1 Å². The van der Waals surface area contributed by atoms with E-state index in [1.54, 1.807) is 18.2 Å². The van der Waals surface area contributed by atoms with E-state index in [2.05, 4.69) is 45.2 Å². The molecule has 32 heavy (non-hydrogen) atoms. The average Bonchev–Trinajstić information content (AvgIpc) is 3.07. The number of hydrogen-bond acceptors (Lipinski definition) is 6. The van der Waals surface area contributed by atoms with Crippen LogP contribution in [0, 0.1) is 16.7 Å². The van der Waals surface area contributed by atoms with Gasteiger partial charge in [0.05, 0.1) is 15.6 Å². The fraction of sp³-hybridized carbons (Fsp3) is 0.292. The number of nitrogens with two attached hydrogens (primary N) is 2. The number of piperidine rings is 1. The molecular formula is C24H22Cl2N6. The van der Waals surface area contributed by atoms with Crippen molar-refractivity contribution < 1.29 is 0 Å². The van der Waals surface area contributed by atoms with Gasteiger partial charge in [0.15, 0.2) is 5.69 Å². The summed E-state index contributed by atoms with van der Waals surface area (Å²) in [5.74, 6) is 0.667. The molecule has 162 valence electrons. The zero-order chi connectivity index (χ0) is 22.5. The topological polar surface area (TPSA) is 105 Å². The Kier molecular flexibility index (Phi) is 5.21. The predicted octanol–water partition coefficient (Wildman–Crippen LogP) is 4.75. The van der Waals surface area contributed by atoms with Gasteiger partial charge in [-0.1, -0.05) is 59.6 Å². The van der Waals surface area contributed by atoms with Crippen molar-refractivity contribution in [3.63, 3.8) is 0 Å². The first kappa shape index (κ1) is 21.0. The molecule has 2 aliphatic rings. The second kappa shape index (κ2) is 7.93. The highest BCUT2D eigenvalue weighted by atomic mass is 35.5. The molecule has 2 heterocycles. The zero-order valence-electron chi connectivity index (χ0n) is 17.4. The molecule has 3 aromatic rings. The van der Waals surface area contributed by atoms with Gasteiger partial charge in [-0.25, -0.2) is 4.98 Å². The fourth-order valence-electron chi connectivity index (χ4n) is 5.11. The highest BCUT2D eigenvalue weighted by Crippen LogP contribution is 2.51. The molecule has 2 aromatic carbocycles. The largest absolute Gasteiger partial charge is 0.383 e. The first-order valence-electron chi connectivity index (χ1n) is 10.5. The summed E-state index contributed by atoms with van der Waals surface area (Å²) in [5.41, 5.74) is 16.8. The molecule has 1 aromatic heterocycles. The Morgan fingerprint density at radius 1 is 1.06 bits per heavy atom. The van der Waals surface area contributed by atoms with Crippen LogP contribution in [0.25, 0.3) is 11.1 Å². The summed E-state index contributed by atoms with van der Waals surface area (Å²) in [7, 11) is 0. The van der Waals surface area contributed by atoms with Crippen LogP contribution >= 0.6 is 23.2 Å². The number of nitrogen functional groups attached to an aromatic ring is 1. The second-order valence-corrected chi connectivity index (χ2v) is 9.33. The first-order chi connectivity index (χ1) is 15.4. The molecule has 4 N–H and O–H groups in total. The van der Waals surface area contributed by atoms with Gasteiger partial charge in [0.1, 0.15) is 11.9 Å². The number of nitriles is 1. The minimum Gasteiger partial charge on any atom is -0.383 e. The van der Waals surface area contributed by atoms with E-state index in [-0.39, 0.29) is 23.0 Å². The smallest absolute Gasteiger partial charge is 0.228 e. The lowest BCUT2D eigenvalue weighted by molar-refractivity contribution is 0.187. The molecule has 1 spiro atoms.